The molecule has 0 saturated heterocycles. The van der Waals surface area contributed by atoms with Crippen molar-refractivity contribution in [1.29, 1.82) is 0 Å². The summed E-state index contributed by atoms with van der Waals surface area (Å²) in [4.78, 5) is 24.4. The molecule has 4 aromatic rings. The number of pyridine rings is 1. The zero-order chi connectivity index (χ0) is 21.1. The summed E-state index contributed by atoms with van der Waals surface area (Å²) in [5.74, 6) is -1.18. The molecule has 5 nitrogen and oxygen atoms in total. The Labute approximate surface area is 171 Å². The maximum absolute atomic E-state index is 13.2. The molecule has 1 aromatic heterocycles. The molecule has 0 radical (unpaired) electrons. The van der Waals surface area contributed by atoms with Crippen molar-refractivity contribution < 1.29 is 19.0 Å². The molecular weight excluding hydrogens is 385 g/mol. The highest BCUT2D eigenvalue weighted by Crippen LogP contribution is 2.21. The lowest BCUT2D eigenvalue weighted by atomic mass is 10.1. The molecule has 30 heavy (non-hydrogen) atoms. The molecule has 4 rings (SSSR count). The Morgan fingerprint density at radius 3 is 2.40 bits per heavy atom. The first kappa shape index (κ1) is 19.4. The van der Waals surface area contributed by atoms with Gasteiger partial charge in [0.25, 0.3) is 0 Å². The molecule has 0 aliphatic rings. The normalized spacial score (nSPS) is 10.8. The van der Waals surface area contributed by atoms with Gasteiger partial charge in [-0.3, -0.25) is 4.79 Å². The van der Waals surface area contributed by atoms with Gasteiger partial charge >= 0.3 is 5.97 Å². The number of hydrogen-bond acceptors (Lipinski definition) is 3. The zero-order valence-electron chi connectivity index (χ0n) is 15.9. The summed E-state index contributed by atoms with van der Waals surface area (Å²) in [6.07, 6.45) is 1.32. The molecule has 0 atom stereocenters. The number of halogens is 1. The molecule has 1 N–H and O–H groups in total. The van der Waals surface area contributed by atoms with Crippen molar-refractivity contribution in [2.75, 3.05) is 0 Å². The fourth-order valence-electron chi connectivity index (χ4n) is 3.28. The van der Waals surface area contributed by atoms with Crippen LogP contribution in [0.5, 0.6) is 5.75 Å². The van der Waals surface area contributed by atoms with Gasteiger partial charge in [0, 0.05) is 12.7 Å². The standard InChI is InChI=1S/C24H18FNO4/c25-18-8-6-16(7-9-18)13-26-14-21(24(28)29)23(27)20-12-19(10-11-22(20)26)30-15-17-4-2-1-3-5-17/h1-12,14H,13,15H2,(H,28,29). The van der Waals surface area contributed by atoms with Crippen LogP contribution in [0.2, 0.25) is 0 Å². The maximum atomic E-state index is 13.2. The minimum Gasteiger partial charge on any atom is -0.489 e. The van der Waals surface area contributed by atoms with Crippen LogP contribution in [0.15, 0.2) is 83.8 Å². The number of carbonyl (C=O) groups is 1. The molecule has 150 valence electrons. The summed E-state index contributed by atoms with van der Waals surface area (Å²) in [7, 11) is 0. The van der Waals surface area contributed by atoms with E-state index >= 15 is 0 Å². The van der Waals surface area contributed by atoms with E-state index in [9.17, 15) is 19.1 Å². The van der Waals surface area contributed by atoms with Gasteiger partial charge < -0.3 is 14.4 Å². The van der Waals surface area contributed by atoms with E-state index in [2.05, 4.69) is 0 Å². The van der Waals surface area contributed by atoms with Crippen molar-refractivity contribution in [1.82, 2.24) is 4.57 Å². The second-order valence-electron chi connectivity index (χ2n) is 6.88. The van der Waals surface area contributed by atoms with E-state index in [0.29, 0.717) is 24.4 Å². The summed E-state index contributed by atoms with van der Waals surface area (Å²) in [6.45, 7) is 0.621. The number of hydrogen-bond donors (Lipinski definition) is 1. The highest BCUT2D eigenvalue weighted by Gasteiger charge is 2.15. The zero-order valence-corrected chi connectivity index (χ0v) is 15.9. The molecule has 0 aliphatic carbocycles. The van der Waals surface area contributed by atoms with E-state index in [1.54, 1.807) is 34.9 Å². The Bertz CT molecular complexity index is 1260. The third-order valence-electron chi connectivity index (χ3n) is 4.80. The van der Waals surface area contributed by atoms with Gasteiger partial charge in [-0.05, 0) is 41.5 Å². The molecule has 3 aromatic carbocycles. The smallest absolute Gasteiger partial charge is 0.341 e. The number of ether oxygens (including phenoxy) is 1. The first-order chi connectivity index (χ1) is 14.5. The van der Waals surface area contributed by atoms with Crippen LogP contribution in [0, 0.1) is 5.82 Å². The number of benzene rings is 3. The van der Waals surface area contributed by atoms with E-state index in [1.165, 1.54) is 18.3 Å². The second-order valence-corrected chi connectivity index (χ2v) is 6.88. The molecule has 0 unspecified atom stereocenters. The van der Waals surface area contributed by atoms with Crippen LogP contribution < -0.4 is 10.2 Å². The number of carboxylic acids is 1. The van der Waals surface area contributed by atoms with Gasteiger partial charge in [0.15, 0.2) is 0 Å². The highest BCUT2D eigenvalue weighted by molar-refractivity contribution is 5.93. The van der Waals surface area contributed by atoms with Crippen molar-refractivity contribution in [2.24, 2.45) is 0 Å². The number of carboxylic acid groups (broad SMARTS) is 1. The Morgan fingerprint density at radius 1 is 0.967 bits per heavy atom. The summed E-state index contributed by atoms with van der Waals surface area (Å²) < 4.78 is 20.7. The van der Waals surface area contributed by atoms with Crippen molar-refractivity contribution in [2.45, 2.75) is 13.2 Å². The molecule has 0 saturated carbocycles. The average molecular weight is 403 g/mol. The fourth-order valence-corrected chi connectivity index (χ4v) is 3.28. The summed E-state index contributed by atoms with van der Waals surface area (Å²) in [5.41, 5.74) is 1.43. The van der Waals surface area contributed by atoms with Gasteiger partial charge in [0.1, 0.15) is 23.7 Å². The predicted molar refractivity (Wildman–Crippen MR) is 111 cm³/mol. The van der Waals surface area contributed by atoms with Crippen molar-refractivity contribution in [3.05, 3.63) is 112 Å². The topological polar surface area (TPSA) is 68.5 Å². The Hall–Kier alpha value is -3.93. The van der Waals surface area contributed by atoms with E-state index in [1.807, 2.05) is 30.3 Å². The van der Waals surface area contributed by atoms with Gasteiger partial charge in [-0.25, -0.2) is 9.18 Å². The number of aromatic nitrogens is 1. The second kappa shape index (κ2) is 8.21. The largest absolute Gasteiger partial charge is 0.489 e. The van der Waals surface area contributed by atoms with Crippen LogP contribution in [-0.4, -0.2) is 15.6 Å². The van der Waals surface area contributed by atoms with Crippen LogP contribution >= 0.6 is 0 Å². The van der Waals surface area contributed by atoms with Gasteiger partial charge in [-0.2, -0.15) is 0 Å². The molecule has 0 amide bonds. The molecule has 1 heterocycles. The molecule has 6 heteroatoms. The SMILES string of the molecule is O=C(O)c1cn(Cc2ccc(F)cc2)c2ccc(OCc3ccccc3)cc2c1=O. The van der Waals surface area contributed by atoms with Crippen LogP contribution in [0.1, 0.15) is 21.5 Å². The molecular formula is C24H18FNO4. The number of aromatic carboxylic acids is 1. The monoisotopic (exact) mass is 403 g/mol. The van der Waals surface area contributed by atoms with E-state index in [-0.39, 0.29) is 16.8 Å². The summed E-state index contributed by atoms with van der Waals surface area (Å²) in [6, 6.07) is 20.6. The van der Waals surface area contributed by atoms with Crippen LogP contribution in [-0.2, 0) is 13.2 Å². The van der Waals surface area contributed by atoms with Crippen molar-refractivity contribution in [3.63, 3.8) is 0 Å². The first-order valence-electron chi connectivity index (χ1n) is 9.33. The van der Waals surface area contributed by atoms with E-state index < -0.39 is 11.4 Å². The first-order valence-corrected chi connectivity index (χ1v) is 9.33. The lowest BCUT2D eigenvalue weighted by molar-refractivity contribution is 0.0695. The molecule has 0 fully saturated rings. The Morgan fingerprint density at radius 2 is 1.70 bits per heavy atom. The third kappa shape index (κ3) is 4.07. The predicted octanol–water partition coefficient (Wildman–Crippen LogP) is 4.47. The van der Waals surface area contributed by atoms with E-state index in [0.717, 1.165) is 11.1 Å². The molecule has 0 spiro atoms. The Balaban J connectivity index is 1.74. The number of rotatable bonds is 6. The number of fused-ring (bicyclic) bond motifs is 1. The van der Waals surface area contributed by atoms with Crippen LogP contribution in [0.25, 0.3) is 10.9 Å². The van der Waals surface area contributed by atoms with Gasteiger partial charge in [0.05, 0.1) is 10.9 Å². The lowest BCUT2D eigenvalue weighted by Crippen LogP contribution is -2.19. The van der Waals surface area contributed by atoms with E-state index in [4.69, 9.17) is 4.74 Å². The molecule has 0 bridgehead atoms. The quantitative estimate of drug-likeness (QED) is 0.516. The summed E-state index contributed by atoms with van der Waals surface area (Å²) >= 11 is 0. The van der Waals surface area contributed by atoms with Crippen molar-refractivity contribution >= 4 is 16.9 Å². The third-order valence-corrected chi connectivity index (χ3v) is 4.80. The number of nitrogens with zero attached hydrogens (tertiary/aromatic N) is 1. The summed E-state index contributed by atoms with van der Waals surface area (Å²) in [5, 5.41) is 9.73. The maximum Gasteiger partial charge on any atom is 0.341 e. The van der Waals surface area contributed by atoms with Crippen molar-refractivity contribution in [3.8, 4) is 5.75 Å². The minimum absolute atomic E-state index is 0.252. The van der Waals surface area contributed by atoms with Crippen LogP contribution in [0.3, 0.4) is 0 Å². The molecule has 0 aliphatic heterocycles. The highest BCUT2D eigenvalue weighted by atomic mass is 19.1. The lowest BCUT2D eigenvalue weighted by Gasteiger charge is -2.14. The average Bonchev–Trinajstić information content (AvgIpc) is 2.76. The van der Waals surface area contributed by atoms with Crippen LogP contribution in [0.4, 0.5) is 4.39 Å². The van der Waals surface area contributed by atoms with Gasteiger partial charge in [-0.1, -0.05) is 42.5 Å². The van der Waals surface area contributed by atoms with Gasteiger partial charge in [-0.15, -0.1) is 0 Å². The van der Waals surface area contributed by atoms with Gasteiger partial charge in [0.2, 0.25) is 5.43 Å². The fraction of sp³-hybridized carbons (Fsp3) is 0.0833. The minimum atomic E-state index is -1.30. The Kier molecular flexibility index (Phi) is 5.30.